The molecule has 1 heterocycles. The smallest absolute Gasteiger partial charge is 0.271 e. The number of nitrogens with two attached hydrogens (primary N) is 1. The summed E-state index contributed by atoms with van der Waals surface area (Å²) in [5.74, 6) is 0.803. The van der Waals surface area contributed by atoms with Gasteiger partial charge in [0.1, 0.15) is 11.5 Å². The lowest BCUT2D eigenvalue weighted by Crippen LogP contribution is -2.06. The molecule has 0 saturated carbocycles. The molecule has 7 heteroatoms. The number of non-ortho nitro benzene ring substituents is 1. The number of nitro benzene ring substituents is 1. The van der Waals surface area contributed by atoms with Gasteiger partial charge in [0.2, 0.25) is 0 Å². The fraction of sp³-hybridized carbons (Fsp3) is 0.154. The second-order valence-electron chi connectivity index (χ2n) is 4.18. The first-order valence-electron chi connectivity index (χ1n) is 5.80. The number of ether oxygens (including phenoxy) is 1. The molecule has 0 amide bonds. The van der Waals surface area contributed by atoms with Crippen molar-refractivity contribution in [2.75, 3.05) is 0 Å². The molecule has 104 valence electrons. The van der Waals surface area contributed by atoms with E-state index in [1.54, 1.807) is 12.1 Å². The van der Waals surface area contributed by atoms with Gasteiger partial charge in [0.25, 0.3) is 5.69 Å². The Morgan fingerprint density at radius 1 is 1.40 bits per heavy atom. The Hall–Kier alpha value is -2.18. The normalized spacial score (nSPS) is 11.9. The van der Waals surface area contributed by atoms with E-state index in [1.807, 2.05) is 6.92 Å². The minimum atomic E-state index is -0.519. The second kappa shape index (κ2) is 5.85. The molecule has 1 aromatic heterocycles. The third kappa shape index (κ3) is 3.23. The Labute approximate surface area is 120 Å². The van der Waals surface area contributed by atoms with Gasteiger partial charge in [-0.25, -0.2) is 0 Å². The Kier molecular flexibility index (Phi) is 4.16. The number of benzene rings is 1. The molecule has 2 rings (SSSR count). The fourth-order valence-electron chi connectivity index (χ4n) is 1.53. The Balaban J connectivity index is 2.19. The molecule has 20 heavy (non-hydrogen) atoms. The summed E-state index contributed by atoms with van der Waals surface area (Å²) in [6.45, 7) is 1.83. The summed E-state index contributed by atoms with van der Waals surface area (Å²) in [5, 5.41) is 10.8. The minimum Gasteiger partial charge on any atom is -0.454 e. The van der Waals surface area contributed by atoms with Crippen molar-refractivity contribution in [2.45, 2.75) is 13.0 Å². The molecular formula is C13H12ClN3O3. The topological polar surface area (TPSA) is 91.3 Å². The van der Waals surface area contributed by atoms with Gasteiger partial charge in [-0.15, -0.1) is 0 Å². The summed E-state index contributed by atoms with van der Waals surface area (Å²) in [4.78, 5) is 14.2. The Morgan fingerprint density at radius 2 is 2.15 bits per heavy atom. The predicted molar refractivity (Wildman–Crippen MR) is 75.0 cm³/mol. The summed E-state index contributed by atoms with van der Waals surface area (Å²) in [6.07, 6.45) is 1.52. The van der Waals surface area contributed by atoms with Crippen LogP contribution in [0.5, 0.6) is 11.5 Å². The molecule has 6 nitrogen and oxygen atoms in total. The number of nitro groups is 1. The zero-order chi connectivity index (χ0) is 14.7. The maximum Gasteiger partial charge on any atom is 0.271 e. The minimum absolute atomic E-state index is 0.0900. The number of aromatic nitrogens is 1. The van der Waals surface area contributed by atoms with Crippen LogP contribution in [0.15, 0.2) is 36.5 Å². The maximum absolute atomic E-state index is 10.6. The predicted octanol–water partition coefficient (Wildman–Crippen LogP) is 3.46. The molecule has 1 unspecified atom stereocenters. The molecule has 0 aliphatic carbocycles. The number of hydrogen-bond acceptors (Lipinski definition) is 5. The third-order valence-corrected chi connectivity index (χ3v) is 2.88. The monoisotopic (exact) mass is 293 g/mol. The van der Waals surface area contributed by atoms with Crippen LogP contribution in [0.2, 0.25) is 5.02 Å². The van der Waals surface area contributed by atoms with Gasteiger partial charge < -0.3 is 10.5 Å². The number of hydrogen-bond donors (Lipinski definition) is 1. The molecule has 1 aromatic carbocycles. The number of rotatable bonds is 4. The van der Waals surface area contributed by atoms with Gasteiger partial charge in [-0.2, -0.15) is 0 Å². The average Bonchev–Trinajstić information content (AvgIpc) is 2.41. The highest BCUT2D eigenvalue weighted by Crippen LogP contribution is 2.32. The summed E-state index contributed by atoms with van der Waals surface area (Å²) < 4.78 is 5.52. The largest absolute Gasteiger partial charge is 0.454 e. The van der Waals surface area contributed by atoms with Crippen molar-refractivity contribution < 1.29 is 9.66 Å². The van der Waals surface area contributed by atoms with E-state index in [0.717, 1.165) is 5.69 Å². The van der Waals surface area contributed by atoms with E-state index in [4.69, 9.17) is 22.1 Å². The highest BCUT2D eigenvalue weighted by atomic mass is 35.5. The van der Waals surface area contributed by atoms with Gasteiger partial charge in [0.15, 0.2) is 0 Å². The third-order valence-electron chi connectivity index (χ3n) is 2.58. The highest BCUT2D eigenvalue weighted by molar-refractivity contribution is 6.32. The van der Waals surface area contributed by atoms with Crippen LogP contribution in [0.1, 0.15) is 18.7 Å². The van der Waals surface area contributed by atoms with Crippen molar-refractivity contribution in [3.63, 3.8) is 0 Å². The van der Waals surface area contributed by atoms with Crippen LogP contribution in [0.25, 0.3) is 0 Å². The van der Waals surface area contributed by atoms with Gasteiger partial charge in [-0.05, 0) is 25.1 Å². The van der Waals surface area contributed by atoms with Crippen molar-refractivity contribution in [2.24, 2.45) is 5.73 Å². The van der Waals surface area contributed by atoms with E-state index < -0.39 is 4.92 Å². The molecule has 0 saturated heterocycles. The lowest BCUT2D eigenvalue weighted by molar-refractivity contribution is -0.384. The quantitative estimate of drug-likeness (QED) is 0.688. The van der Waals surface area contributed by atoms with Crippen molar-refractivity contribution in [3.05, 3.63) is 57.4 Å². The summed E-state index contributed by atoms with van der Waals surface area (Å²) in [5.41, 5.74) is 6.35. The van der Waals surface area contributed by atoms with E-state index in [9.17, 15) is 10.1 Å². The van der Waals surface area contributed by atoms with E-state index in [-0.39, 0.29) is 16.8 Å². The van der Waals surface area contributed by atoms with Crippen molar-refractivity contribution in [1.82, 2.24) is 4.98 Å². The van der Waals surface area contributed by atoms with Gasteiger partial charge in [0.05, 0.1) is 21.8 Å². The second-order valence-corrected chi connectivity index (χ2v) is 4.59. The van der Waals surface area contributed by atoms with Crippen molar-refractivity contribution >= 4 is 17.3 Å². The van der Waals surface area contributed by atoms with E-state index in [2.05, 4.69) is 4.98 Å². The van der Waals surface area contributed by atoms with Crippen LogP contribution in [0, 0.1) is 10.1 Å². The summed E-state index contributed by atoms with van der Waals surface area (Å²) in [6, 6.07) is 7.31. The molecule has 0 spiro atoms. The molecule has 1 atom stereocenters. The molecule has 0 bridgehead atoms. The van der Waals surface area contributed by atoms with E-state index >= 15 is 0 Å². The summed E-state index contributed by atoms with van der Waals surface area (Å²) in [7, 11) is 0. The highest BCUT2D eigenvalue weighted by Gasteiger charge is 2.11. The van der Waals surface area contributed by atoms with Crippen LogP contribution < -0.4 is 10.5 Å². The molecule has 0 radical (unpaired) electrons. The SMILES string of the molecule is CC(N)c1ccc(Oc2ccc([N+](=O)[O-])cc2Cl)cn1. The lowest BCUT2D eigenvalue weighted by atomic mass is 10.2. The van der Waals surface area contributed by atoms with E-state index in [0.29, 0.717) is 11.5 Å². The van der Waals surface area contributed by atoms with Crippen LogP contribution in [0.4, 0.5) is 5.69 Å². The molecule has 0 aliphatic rings. The van der Waals surface area contributed by atoms with Gasteiger partial charge in [-0.1, -0.05) is 11.6 Å². The lowest BCUT2D eigenvalue weighted by Gasteiger charge is -2.09. The zero-order valence-corrected chi connectivity index (χ0v) is 11.4. The van der Waals surface area contributed by atoms with Crippen LogP contribution in [-0.2, 0) is 0 Å². The average molecular weight is 294 g/mol. The Bertz CT molecular complexity index is 629. The van der Waals surface area contributed by atoms with Crippen LogP contribution >= 0.6 is 11.6 Å². The first-order valence-corrected chi connectivity index (χ1v) is 6.18. The molecule has 2 N–H and O–H groups in total. The van der Waals surface area contributed by atoms with Gasteiger partial charge in [0, 0.05) is 18.2 Å². The van der Waals surface area contributed by atoms with Crippen LogP contribution in [0.3, 0.4) is 0 Å². The number of nitrogens with zero attached hydrogens (tertiary/aromatic N) is 2. The zero-order valence-electron chi connectivity index (χ0n) is 10.6. The van der Waals surface area contributed by atoms with Crippen molar-refractivity contribution in [1.29, 1.82) is 0 Å². The molecule has 2 aromatic rings. The standard InChI is InChI=1S/C13H12ClN3O3/c1-8(15)12-4-3-10(7-16-12)20-13-5-2-9(17(18)19)6-11(13)14/h2-8H,15H2,1H3. The Morgan fingerprint density at radius 3 is 2.65 bits per heavy atom. The number of pyridine rings is 1. The van der Waals surface area contributed by atoms with Gasteiger partial charge in [-0.3, -0.25) is 15.1 Å². The maximum atomic E-state index is 10.6. The number of halogens is 1. The molecule has 0 aliphatic heterocycles. The fourth-order valence-corrected chi connectivity index (χ4v) is 1.75. The van der Waals surface area contributed by atoms with Gasteiger partial charge >= 0.3 is 0 Å². The molecular weight excluding hydrogens is 282 g/mol. The van der Waals surface area contributed by atoms with E-state index in [1.165, 1.54) is 24.4 Å². The van der Waals surface area contributed by atoms with Crippen LogP contribution in [-0.4, -0.2) is 9.91 Å². The first-order chi connectivity index (χ1) is 9.47. The first kappa shape index (κ1) is 14.2. The van der Waals surface area contributed by atoms with Crippen molar-refractivity contribution in [3.8, 4) is 11.5 Å². The summed E-state index contributed by atoms with van der Waals surface area (Å²) >= 11 is 5.94. The molecule has 0 fully saturated rings.